The van der Waals surface area contributed by atoms with Gasteiger partial charge in [-0.05, 0) is 86.4 Å². The predicted molar refractivity (Wildman–Crippen MR) is 161 cm³/mol. The number of ether oxygens (including phenoxy) is 1. The fraction of sp³-hybridized carbons (Fsp3) is 0.333. The van der Waals surface area contributed by atoms with Gasteiger partial charge in [-0.3, -0.25) is 13.9 Å². The Morgan fingerprint density at radius 1 is 0.925 bits per heavy atom. The number of hydrogen-bond acceptors (Lipinski definition) is 5. The van der Waals surface area contributed by atoms with E-state index in [2.05, 4.69) is 21.2 Å². The van der Waals surface area contributed by atoms with Crippen molar-refractivity contribution in [3.8, 4) is 5.75 Å². The summed E-state index contributed by atoms with van der Waals surface area (Å²) in [7, 11) is -2.70. The lowest BCUT2D eigenvalue weighted by molar-refractivity contribution is -0.139. The van der Waals surface area contributed by atoms with Gasteiger partial charge >= 0.3 is 0 Å². The van der Waals surface area contributed by atoms with Crippen molar-refractivity contribution in [2.24, 2.45) is 0 Å². The number of anilines is 1. The Morgan fingerprint density at radius 3 is 2.02 bits per heavy atom. The molecule has 0 aliphatic heterocycles. The van der Waals surface area contributed by atoms with Crippen LogP contribution in [0.15, 0.2) is 76.1 Å². The summed E-state index contributed by atoms with van der Waals surface area (Å²) in [5, 5.41) is 2.86. The fourth-order valence-corrected chi connectivity index (χ4v) is 6.19. The number of benzene rings is 3. The van der Waals surface area contributed by atoms with Crippen LogP contribution in [0.2, 0.25) is 0 Å². The average Bonchev–Trinajstić information content (AvgIpc) is 2.91. The summed E-state index contributed by atoms with van der Waals surface area (Å²) in [5.74, 6) is -0.353. The van der Waals surface area contributed by atoms with Crippen molar-refractivity contribution in [3.63, 3.8) is 0 Å². The minimum absolute atomic E-state index is 0.00997. The monoisotopic (exact) mass is 629 g/mol. The second-order valence-corrected chi connectivity index (χ2v) is 12.7. The number of nitrogens with zero attached hydrogens (tertiary/aromatic N) is 2. The van der Waals surface area contributed by atoms with Crippen LogP contribution in [0.25, 0.3) is 0 Å². The Hall–Kier alpha value is -3.37. The van der Waals surface area contributed by atoms with Crippen LogP contribution < -0.4 is 14.4 Å². The maximum absolute atomic E-state index is 14.0. The Bertz CT molecular complexity index is 1440. The van der Waals surface area contributed by atoms with E-state index in [-0.39, 0.29) is 23.4 Å². The van der Waals surface area contributed by atoms with Gasteiger partial charge < -0.3 is 15.0 Å². The largest absolute Gasteiger partial charge is 0.496 e. The molecule has 0 saturated carbocycles. The van der Waals surface area contributed by atoms with Gasteiger partial charge in [-0.2, -0.15) is 0 Å². The average molecular weight is 631 g/mol. The summed E-state index contributed by atoms with van der Waals surface area (Å²) in [6.45, 7) is 8.84. The Kier molecular flexibility index (Phi) is 10.4. The normalized spacial score (nSPS) is 12.1. The molecule has 0 radical (unpaired) electrons. The maximum Gasteiger partial charge on any atom is 0.264 e. The minimum atomic E-state index is -4.19. The Morgan fingerprint density at radius 2 is 1.50 bits per heavy atom. The number of hydrogen-bond donors (Lipinski definition) is 1. The van der Waals surface area contributed by atoms with E-state index in [1.165, 1.54) is 24.1 Å². The Balaban J connectivity index is 2.04. The van der Waals surface area contributed by atoms with Gasteiger partial charge in [0.1, 0.15) is 18.3 Å². The highest BCUT2D eigenvalue weighted by Gasteiger charge is 2.33. The van der Waals surface area contributed by atoms with Gasteiger partial charge in [0.15, 0.2) is 0 Å². The molecule has 8 nitrogen and oxygen atoms in total. The Labute approximate surface area is 245 Å². The molecule has 1 atom stereocenters. The van der Waals surface area contributed by atoms with E-state index in [4.69, 9.17) is 4.74 Å². The molecule has 0 heterocycles. The van der Waals surface area contributed by atoms with Crippen molar-refractivity contribution in [3.05, 3.63) is 87.9 Å². The minimum Gasteiger partial charge on any atom is -0.496 e. The van der Waals surface area contributed by atoms with E-state index in [1.54, 1.807) is 37.3 Å². The lowest BCUT2D eigenvalue weighted by Gasteiger charge is -2.32. The predicted octanol–water partition coefficient (Wildman–Crippen LogP) is 5.21. The number of rotatable bonds is 11. The van der Waals surface area contributed by atoms with Crippen LogP contribution in [0.1, 0.15) is 37.5 Å². The molecule has 0 fully saturated rings. The molecule has 0 bridgehead atoms. The van der Waals surface area contributed by atoms with E-state index in [0.717, 1.165) is 21.0 Å². The lowest BCUT2D eigenvalue weighted by Crippen LogP contribution is -2.52. The molecule has 3 aromatic carbocycles. The SMILES string of the molecule is COc1ccc(S(=O)(=O)N(CC(=O)N(Cc2ccc(C)cc2)[C@@H](C)C(=O)NC(C)C)c2ccc(C)cc2)cc1Br. The number of aryl methyl sites for hydroxylation is 2. The highest BCUT2D eigenvalue weighted by atomic mass is 79.9. The molecule has 3 rings (SSSR count). The molecule has 0 spiro atoms. The molecule has 0 aliphatic rings. The van der Waals surface area contributed by atoms with E-state index in [0.29, 0.717) is 15.9 Å². The van der Waals surface area contributed by atoms with Crippen LogP contribution in [0.5, 0.6) is 5.75 Å². The fourth-order valence-electron chi connectivity index (χ4n) is 4.05. The highest BCUT2D eigenvalue weighted by molar-refractivity contribution is 9.10. The van der Waals surface area contributed by atoms with E-state index < -0.39 is 28.5 Å². The molecule has 0 aliphatic carbocycles. The second-order valence-electron chi connectivity index (χ2n) is 9.99. The van der Waals surface area contributed by atoms with Crippen molar-refractivity contribution in [1.29, 1.82) is 0 Å². The van der Waals surface area contributed by atoms with Crippen molar-refractivity contribution in [2.45, 2.75) is 58.1 Å². The molecule has 1 N–H and O–H groups in total. The summed E-state index contributed by atoms with van der Waals surface area (Å²) in [6.07, 6.45) is 0. The maximum atomic E-state index is 14.0. The number of amides is 2. The number of nitrogens with one attached hydrogen (secondary N) is 1. The molecule has 10 heteroatoms. The van der Waals surface area contributed by atoms with Crippen molar-refractivity contribution >= 4 is 43.5 Å². The zero-order valence-corrected chi connectivity index (χ0v) is 26.0. The molecular weight excluding hydrogens is 594 g/mol. The smallest absolute Gasteiger partial charge is 0.264 e. The van der Waals surface area contributed by atoms with Gasteiger partial charge in [0.25, 0.3) is 10.0 Å². The lowest BCUT2D eigenvalue weighted by atomic mass is 10.1. The number of sulfonamides is 1. The second kappa shape index (κ2) is 13.3. The molecule has 40 heavy (non-hydrogen) atoms. The van der Waals surface area contributed by atoms with Gasteiger partial charge in [-0.15, -0.1) is 0 Å². The third kappa shape index (κ3) is 7.63. The van der Waals surface area contributed by atoms with Crippen LogP contribution in [-0.4, -0.2) is 50.9 Å². The molecule has 3 aromatic rings. The van der Waals surface area contributed by atoms with Crippen LogP contribution in [0.4, 0.5) is 5.69 Å². The molecule has 0 aromatic heterocycles. The van der Waals surface area contributed by atoms with Gasteiger partial charge in [0.05, 0.1) is 22.2 Å². The number of halogens is 1. The molecule has 214 valence electrons. The third-order valence-electron chi connectivity index (χ3n) is 6.38. The van der Waals surface area contributed by atoms with Gasteiger partial charge in [-0.25, -0.2) is 8.42 Å². The number of carbonyl (C=O) groups excluding carboxylic acids is 2. The first-order valence-electron chi connectivity index (χ1n) is 12.9. The van der Waals surface area contributed by atoms with Crippen molar-refractivity contribution in [2.75, 3.05) is 18.0 Å². The van der Waals surface area contributed by atoms with Crippen molar-refractivity contribution < 1.29 is 22.7 Å². The van der Waals surface area contributed by atoms with Crippen LogP contribution in [0, 0.1) is 13.8 Å². The molecule has 0 unspecified atom stereocenters. The molecule has 0 saturated heterocycles. The summed E-state index contributed by atoms with van der Waals surface area (Å²) in [6, 6.07) is 18.0. The standard InChI is InChI=1S/C30H36BrN3O5S/c1-20(2)32-30(36)23(5)33(18-24-11-7-21(3)8-12-24)29(35)19-34(25-13-9-22(4)10-14-25)40(37,38)26-15-16-28(39-6)27(31)17-26/h7-17,20,23H,18-19H2,1-6H3,(H,32,36)/t23-/m0/s1. The first-order valence-corrected chi connectivity index (χ1v) is 15.1. The number of carbonyl (C=O) groups is 2. The summed E-state index contributed by atoms with van der Waals surface area (Å²) in [5.41, 5.74) is 3.17. The van der Waals surface area contributed by atoms with Crippen LogP contribution >= 0.6 is 15.9 Å². The summed E-state index contributed by atoms with van der Waals surface area (Å²) >= 11 is 3.36. The first kappa shape index (κ1) is 31.2. The van der Waals surface area contributed by atoms with Crippen LogP contribution in [0.3, 0.4) is 0 Å². The summed E-state index contributed by atoms with van der Waals surface area (Å²) < 4.78 is 34.8. The van der Waals surface area contributed by atoms with Crippen LogP contribution in [-0.2, 0) is 26.2 Å². The van der Waals surface area contributed by atoms with E-state index in [9.17, 15) is 18.0 Å². The topological polar surface area (TPSA) is 96.0 Å². The number of methoxy groups -OCH3 is 1. The van der Waals surface area contributed by atoms with Gasteiger partial charge in [-0.1, -0.05) is 47.5 Å². The van der Waals surface area contributed by atoms with E-state index >= 15 is 0 Å². The highest BCUT2D eigenvalue weighted by Crippen LogP contribution is 2.31. The summed E-state index contributed by atoms with van der Waals surface area (Å²) in [4.78, 5) is 28.4. The van der Waals surface area contributed by atoms with Crippen molar-refractivity contribution in [1.82, 2.24) is 10.2 Å². The third-order valence-corrected chi connectivity index (χ3v) is 8.77. The first-order chi connectivity index (χ1) is 18.8. The van der Waals surface area contributed by atoms with Gasteiger partial charge in [0, 0.05) is 12.6 Å². The zero-order valence-electron chi connectivity index (χ0n) is 23.6. The van der Waals surface area contributed by atoms with Gasteiger partial charge in [0.2, 0.25) is 11.8 Å². The zero-order chi connectivity index (χ0) is 29.6. The molecule has 2 amide bonds. The van der Waals surface area contributed by atoms with E-state index in [1.807, 2.05) is 52.0 Å². The quantitative estimate of drug-likeness (QED) is 0.314. The molecular formula is C30H36BrN3O5S.